The van der Waals surface area contributed by atoms with E-state index in [-0.39, 0.29) is 0 Å². The fourth-order valence-corrected chi connectivity index (χ4v) is 1.44. The van der Waals surface area contributed by atoms with Crippen LogP contribution in [0.5, 0.6) is 0 Å². The van der Waals surface area contributed by atoms with Gasteiger partial charge in [0, 0.05) is 6.54 Å². The zero-order valence-corrected chi connectivity index (χ0v) is 9.69. The average molecular weight is 219 g/mol. The number of hydrogen-bond acceptors (Lipinski definition) is 2. The lowest BCUT2D eigenvalue weighted by Gasteiger charge is -2.06. The molecular formula is C13H17NO2. The first kappa shape index (κ1) is 12.4. The molecule has 16 heavy (non-hydrogen) atoms. The summed E-state index contributed by atoms with van der Waals surface area (Å²) in [5.41, 5.74) is 2.47. The molecule has 1 N–H and O–H groups in total. The van der Waals surface area contributed by atoms with Gasteiger partial charge < -0.3 is 5.32 Å². The summed E-state index contributed by atoms with van der Waals surface area (Å²) in [5, 5.41) is 2.51. The van der Waals surface area contributed by atoms with Crippen molar-refractivity contribution in [1.82, 2.24) is 5.32 Å². The summed E-state index contributed by atoms with van der Waals surface area (Å²) in [5.74, 6) is -0.0254. The number of aldehydes is 1. The van der Waals surface area contributed by atoms with Gasteiger partial charge >= 0.3 is 0 Å². The Kier molecular flexibility index (Phi) is 4.70. The normalized spacial score (nSPS) is 10.2. The molecule has 3 heteroatoms. The minimum Gasteiger partial charge on any atom is -0.349 e. The molecule has 0 aliphatic heterocycles. The summed E-state index contributed by atoms with van der Waals surface area (Å²) >= 11 is 0. The van der Waals surface area contributed by atoms with Gasteiger partial charge in [0.1, 0.15) is 0 Å². The SMILES string of the molecule is CC(C)c1ccc(CCNC(=O)C=O)cc1. The Bertz CT molecular complexity index is 355. The van der Waals surface area contributed by atoms with Crippen molar-refractivity contribution >= 4 is 12.2 Å². The maximum Gasteiger partial charge on any atom is 0.284 e. The van der Waals surface area contributed by atoms with E-state index in [1.54, 1.807) is 0 Å². The van der Waals surface area contributed by atoms with Crippen molar-refractivity contribution in [2.24, 2.45) is 0 Å². The van der Waals surface area contributed by atoms with Crippen molar-refractivity contribution in [2.75, 3.05) is 6.54 Å². The Morgan fingerprint density at radius 3 is 2.44 bits per heavy atom. The van der Waals surface area contributed by atoms with Crippen LogP contribution in [0.25, 0.3) is 0 Å². The first-order valence-corrected chi connectivity index (χ1v) is 5.45. The topological polar surface area (TPSA) is 46.2 Å². The number of carbonyl (C=O) groups is 2. The third-order valence-electron chi connectivity index (χ3n) is 2.47. The Balaban J connectivity index is 2.43. The van der Waals surface area contributed by atoms with Crippen molar-refractivity contribution in [1.29, 1.82) is 0 Å². The highest BCUT2D eigenvalue weighted by molar-refractivity contribution is 6.23. The molecule has 0 aliphatic rings. The van der Waals surface area contributed by atoms with Crippen LogP contribution in [0, 0.1) is 0 Å². The molecule has 86 valence electrons. The predicted octanol–water partition coefficient (Wildman–Crippen LogP) is 1.67. The van der Waals surface area contributed by atoms with Crippen LogP contribution >= 0.6 is 0 Å². The molecular weight excluding hydrogens is 202 g/mol. The van der Waals surface area contributed by atoms with Crippen molar-refractivity contribution in [2.45, 2.75) is 26.2 Å². The molecule has 0 saturated carbocycles. The molecule has 0 radical (unpaired) electrons. The third-order valence-corrected chi connectivity index (χ3v) is 2.47. The molecule has 0 bridgehead atoms. The molecule has 0 aromatic heterocycles. The van der Waals surface area contributed by atoms with E-state index in [0.717, 1.165) is 12.0 Å². The van der Waals surface area contributed by atoms with Gasteiger partial charge in [0.05, 0.1) is 0 Å². The first-order chi connectivity index (χ1) is 7.63. The molecule has 0 heterocycles. The summed E-state index contributed by atoms with van der Waals surface area (Å²) in [6.07, 6.45) is 1.04. The van der Waals surface area contributed by atoms with E-state index >= 15 is 0 Å². The smallest absolute Gasteiger partial charge is 0.284 e. The molecule has 0 unspecified atom stereocenters. The van der Waals surface area contributed by atoms with Gasteiger partial charge in [-0.05, 0) is 23.5 Å². The van der Waals surface area contributed by atoms with Gasteiger partial charge in [-0.3, -0.25) is 9.59 Å². The van der Waals surface area contributed by atoms with E-state index in [4.69, 9.17) is 0 Å². The van der Waals surface area contributed by atoms with Crippen LogP contribution in [0.2, 0.25) is 0 Å². The van der Waals surface area contributed by atoms with Crippen LogP contribution in [0.1, 0.15) is 30.9 Å². The van der Waals surface area contributed by atoms with Crippen molar-refractivity contribution in [3.63, 3.8) is 0 Å². The summed E-state index contributed by atoms with van der Waals surface area (Å²) in [4.78, 5) is 20.7. The summed E-state index contributed by atoms with van der Waals surface area (Å²) in [6, 6.07) is 8.31. The molecule has 0 saturated heterocycles. The van der Waals surface area contributed by atoms with Crippen LogP contribution in [-0.4, -0.2) is 18.7 Å². The highest BCUT2D eigenvalue weighted by atomic mass is 16.2. The summed E-state index contributed by atoms with van der Waals surface area (Å²) in [7, 11) is 0. The quantitative estimate of drug-likeness (QED) is 0.605. The molecule has 0 spiro atoms. The predicted molar refractivity (Wildman–Crippen MR) is 63.3 cm³/mol. The van der Waals surface area contributed by atoms with Crippen molar-refractivity contribution in [3.05, 3.63) is 35.4 Å². The number of nitrogens with one attached hydrogen (secondary N) is 1. The Morgan fingerprint density at radius 2 is 1.94 bits per heavy atom. The highest BCUT2D eigenvalue weighted by Crippen LogP contribution is 2.14. The molecule has 1 aromatic carbocycles. The molecule has 0 aliphatic carbocycles. The highest BCUT2D eigenvalue weighted by Gasteiger charge is 2.00. The lowest BCUT2D eigenvalue weighted by Crippen LogP contribution is -2.26. The second-order valence-electron chi connectivity index (χ2n) is 4.06. The zero-order valence-electron chi connectivity index (χ0n) is 9.69. The number of benzene rings is 1. The number of rotatable bonds is 5. The number of carbonyl (C=O) groups excluding carboxylic acids is 2. The van der Waals surface area contributed by atoms with Gasteiger partial charge in [0.15, 0.2) is 0 Å². The Morgan fingerprint density at radius 1 is 1.31 bits per heavy atom. The fourth-order valence-electron chi connectivity index (χ4n) is 1.44. The van der Waals surface area contributed by atoms with Crippen LogP contribution < -0.4 is 5.32 Å². The zero-order chi connectivity index (χ0) is 12.0. The molecule has 0 atom stereocenters. The van der Waals surface area contributed by atoms with E-state index < -0.39 is 5.91 Å². The largest absolute Gasteiger partial charge is 0.349 e. The van der Waals surface area contributed by atoms with Crippen LogP contribution in [-0.2, 0) is 16.0 Å². The monoisotopic (exact) mass is 219 g/mol. The van der Waals surface area contributed by atoms with Crippen LogP contribution in [0.4, 0.5) is 0 Å². The van der Waals surface area contributed by atoms with Gasteiger partial charge in [0.25, 0.3) is 5.91 Å². The Hall–Kier alpha value is -1.64. The first-order valence-electron chi connectivity index (χ1n) is 5.45. The molecule has 0 fully saturated rings. The molecule has 1 aromatic rings. The molecule has 1 rings (SSSR count). The van der Waals surface area contributed by atoms with E-state index in [1.165, 1.54) is 5.56 Å². The van der Waals surface area contributed by atoms with E-state index in [0.29, 0.717) is 18.7 Å². The second kappa shape index (κ2) is 6.05. The van der Waals surface area contributed by atoms with Crippen LogP contribution in [0.3, 0.4) is 0 Å². The standard InChI is InChI=1S/C13H17NO2/c1-10(2)12-5-3-11(4-6-12)7-8-14-13(16)9-15/h3-6,9-10H,7-8H2,1-2H3,(H,14,16). The van der Waals surface area contributed by atoms with Crippen LogP contribution in [0.15, 0.2) is 24.3 Å². The second-order valence-corrected chi connectivity index (χ2v) is 4.06. The Labute approximate surface area is 95.9 Å². The minimum atomic E-state index is -0.557. The number of hydrogen-bond donors (Lipinski definition) is 1. The molecule has 3 nitrogen and oxygen atoms in total. The van der Waals surface area contributed by atoms with Crippen molar-refractivity contribution < 1.29 is 9.59 Å². The van der Waals surface area contributed by atoms with E-state index in [2.05, 4.69) is 43.4 Å². The van der Waals surface area contributed by atoms with E-state index in [9.17, 15) is 9.59 Å². The lowest BCUT2D eigenvalue weighted by atomic mass is 10.0. The molecule has 1 amide bonds. The number of amides is 1. The third kappa shape index (κ3) is 3.85. The lowest BCUT2D eigenvalue weighted by molar-refractivity contribution is -0.131. The van der Waals surface area contributed by atoms with Gasteiger partial charge in [-0.1, -0.05) is 38.1 Å². The maximum atomic E-state index is 10.7. The fraction of sp³-hybridized carbons (Fsp3) is 0.385. The van der Waals surface area contributed by atoms with E-state index in [1.807, 2.05) is 0 Å². The van der Waals surface area contributed by atoms with Gasteiger partial charge in [-0.2, -0.15) is 0 Å². The average Bonchev–Trinajstić information content (AvgIpc) is 2.29. The summed E-state index contributed by atoms with van der Waals surface area (Å²) < 4.78 is 0. The van der Waals surface area contributed by atoms with Gasteiger partial charge in [-0.15, -0.1) is 0 Å². The maximum absolute atomic E-state index is 10.7. The van der Waals surface area contributed by atoms with Gasteiger partial charge in [-0.25, -0.2) is 0 Å². The van der Waals surface area contributed by atoms with Crippen molar-refractivity contribution in [3.8, 4) is 0 Å². The van der Waals surface area contributed by atoms with Gasteiger partial charge in [0.2, 0.25) is 6.29 Å². The summed E-state index contributed by atoms with van der Waals surface area (Å²) in [6.45, 7) is 4.80. The minimum absolute atomic E-state index is 0.294.